The van der Waals surface area contributed by atoms with Crippen molar-refractivity contribution in [2.75, 3.05) is 0 Å². The van der Waals surface area contributed by atoms with Crippen LogP contribution >= 0.6 is 0 Å². The minimum absolute atomic E-state index is 0.0927. The van der Waals surface area contributed by atoms with Crippen molar-refractivity contribution in [1.29, 1.82) is 0 Å². The van der Waals surface area contributed by atoms with Gasteiger partial charge in [0.2, 0.25) is 9.84 Å². The van der Waals surface area contributed by atoms with E-state index in [0.717, 1.165) is 24.3 Å². The van der Waals surface area contributed by atoms with Crippen LogP contribution in [-0.2, 0) is 19.3 Å². The number of esters is 2. The van der Waals surface area contributed by atoms with Crippen LogP contribution < -0.4 is 0 Å². The van der Waals surface area contributed by atoms with Gasteiger partial charge in [-0.3, -0.25) is 0 Å². The molecule has 0 aliphatic carbocycles. The zero-order valence-electron chi connectivity index (χ0n) is 16.4. The van der Waals surface area contributed by atoms with Gasteiger partial charge in [0.1, 0.15) is 21.3 Å². The van der Waals surface area contributed by atoms with Crippen molar-refractivity contribution in [3.63, 3.8) is 0 Å². The zero-order valence-corrected chi connectivity index (χ0v) is 17.2. The summed E-state index contributed by atoms with van der Waals surface area (Å²) >= 11 is 0. The fourth-order valence-electron chi connectivity index (χ4n) is 2.40. The average molecular weight is 422 g/mol. The number of phenolic OH excluding ortho intramolecular Hbond substituents is 2. The van der Waals surface area contributed by atoms with E-state index >= 15 is 0 Å². The van der Waals surface area contributed by atoms with E-state index in [9.17, 15) is 28.2 Å². The summed E-state index contributed by atoms with van der Waals surface area (Å²) in [6.07, 6.45) is -0.854. The molecule has 0 aromatic heterocycles. The molecule has 2 aromatic rings. The van der Waals surface area contributed by atoms with Gasteiger partial charge in [-0.15, -0.1) is 0 Å². The molecule has 0 bridgehead atoms. The van der Waals surface area contributed by atoms with Crippen LogP contribution in [0, 0.1) is 0 Å². The molecule has 0 fully saturated rings. The van der Waals surface area contributed by atoms with E-state index in [-0.39, 0.29) is 11.1 Å². The molecule has 156 valence electrons. The number of ether oxygens (including phenoxy) is 2. The normalized spacial score (nSPS) is 11.5. The van der Waals surface area contributed by atoms with E-state index in [2.05, 4.69) is 0 Å². The Morgan fingerprint density at radius 3 is 1.41 bits per heavy atom. The Labute approximate surface area is 168 Å². The third kappa shape index (κ3) is 5.05. The van der Waals surface area contributed by atoms with Crippen LogP contribution in [-0.4, -0.2) is 42.8 Å². The highest BCUT2D eigenvalue weighted by atomic mass is 32.2. The van der Waals surface area contributed by atoms with E-state index < -0.39 is 55.3 Å². The molecule has 2 aromatic carbocycles. The first kappa shape index (κ1) is 22.2. The van der Waals surface area contributed by atoms with E-state index in [1.54, 1.807) is 27.7 Å². The summed E-state index contributed by atoms with van der Waals surface area (Å²) in [6, 6.07) is 6.42. The number of rotatable bonds is 6. The van der Waals surface area contributed by atoms with Crippen molar-refractivity contribution in [3.8, 4) is 11.5 Å². The maximum Gasteiger partial charge on any atom is 0.338 e. The van der Waals surface area contributed by atoms with Gasteiger partial charge in [0.05, 0.1) is 23.3 Å². The van der Waals surface area contributed by atoms with Gasteiger partial charge >= 0.3 is 11.9 Å². The number of aromatic hydroxyl groups is 2. The molecule has 29 heavy (non-hydrogen) atoms. The van der Waals surface area contributed by atoms with E-state index in [1.807, 2.05) is 0 Å². The molecule has 0 aliphatic heterocycles. The Hall–Kier alpha value is -3.07. The van der Waals surface area contributed by atoms with Gasteiger partial charge in [-0.2, -0.15) is 0 Å². The molecule has 9 heteroatoms. The number of sulfone groups is 1. The maximum atomic E-state index is 13.0. The molecule has 0 spiro atoms. The summed E-state index contributed by atoms with van der Waals surface area (Å²) in [5.74, 6) is -2.79. The van der Waals surface area contributed by atoms with Gasteiger partial charge in [0.15, 0.2) is 0 Å². The second-order valence-electron chi connectivity index (χ2n) is 6.78. The van der Waals surface area contributed by atoms with Crippen LogP contribution in [0.2, 0.25) is 0 Å². The third-order valence-corrected chi connectivity index (χ3v) is 5.47. The van der Waals surface area contributed by atoms with Crippen molar-refractivity contribution >= 4 is 21.8 Å². The lowest BCUT2D eigenvalue weighted by atomic mass is 10.2. The zero-order chi connectivity index (χ0) is 21.9. The molecule has 0 saturated carbocycles. The van der Waals surface area contributed by atoms with Crippen molar-refractivity contribution in [3.05, 3.63) is 47.5 Å². The second-order valence-corrected chi connectivity index (χ2v) is 8.66. The van der Waals surface area contributed by atoms with Crippen LogP contribution in [0.1, 0.15) is 48.4 Å². The number of phenols is 2. The average Bonchev–Trinajstić information content (AvgIpc) is 2.60. The second kappa shape index (κ2) is 8.52. The summed E-state index contributed by atoms with van der Waals surface area (Å²) < 4.78 is 36.2. The van der Waals surface area contributed by atoms with Crippen LogP contribution in [0.3, 0.4) is 0 Å². The Morgan fingerprint density at radius 1 is 0.759 bits per heavy atom. The van der Waals surface area contributed by atoms with Crippen molar-refractivity contribution in [1.82, 2.24) is 0 Å². The Balaban J connectivity index is 2.55. The lowest BCUT2D eigenvalue weighted by molar-refractivity contribution is 0.0367. The maximum absolute atomic E-state index is 13.0. The molecule has 0 atom stereocenters. The Bertz CT molecular complexity index is 961. The summed E-state index contributed by atoms with van der Waals surface area (Å²) in [5, 5.41) is 20.2. The predicted octanol–water partition coefficient (Wildman–Crippen LogP) is 3.06. The minimum atomic E-state index is -4.48. The molecule has 0 radical (unpaired) electrons. The molecule has 0 aliphatic rings. The summed E-state index contributed by atoms with van der Waals surface area (Å²) in [6.45, 7) is 6.54. The monoisotopic (exact) mass is 422 g/mol. The lowest BCUT2D eigenvalue weighted by Gasteiger charge is -2.13. The molecular weight excluding hydrogens is 400 g/mol. The smallest absolute Gasteiger partial charge is 0.338 e. The predicted molar refractivity (Wildman–Crippen MR) is 103 cm³/mol. The number of carbonyl (C=O) groups excluding carboxylic acids is 2. The molecule has 0 unspecified atom stereocenters. The Morgan fingerprint density at radius 2 is 1.10 bits per heavy atom. The summed E-state index contributed by atoms with van der Waals surface area (Å²) in [5.41, 5.74) is -0.185. The molecule has 2 rings (SSSR count). The lowest BCUT2D eigenvalue weighted by Crippen LogP contribution is -2.14. The van der Waals surface area contributed by atoms with Gasteiger partial charge in [0, 0.05) is 0 Å². The van der Waals surface area contributed by atoms with Crippen molar-refractivity contribution < 1.29 is 37.7 Å². The Kier molecular flexibility index (Phi) is 6.53. The number of hydrogen-bond donors (Lipinski definition) is 2. The highest BCUT2D eigenvalue weighted by Crippen LogP contribution is 2.34. The standard InChI is InChI=1S/C20H22O8S/c1-11(2)27-19(23)13-5-7-15(21)17(9-13)29(25,26)18-10-14(6-8-16(18)22)20(24)28-12(3)4/h5-12,21-22H,1-4H3. The summed E-state index contributed by atoms with van der Waals surface area (Å²) in [4.78, 5) is 23.0. The van der Waals surface area contributed by atoms with Crippen LogP contribution in [0.5, 0.6) is 11.5 Å². The van der Waals surface area contributed by atoms with Crippen LogP contribution in [0.25, 0.3) is 0 Å². The molecular formula is C20H22O8S. The van der Waals surface area contributed by atoms with Crippen molar-refractivity contribution in [2.24, 2.45) is 0 Å². The summed E-state index contributed by atoms with van der Waals surface area (Å²) in [7, 11) is -4.48. The molecule has 0 amide bonds. The molecule has 2 N–H and O–H groups in total. The largest absolute Gasteiger partial charge is 0.507 e. The third-order valence-electron chi connectivity index (χ3n) is 3.66. The molecule has 0 saturated heterocycles. The number of carbonyl (C=O) groups is 2. The quantitative estimate of drug-likeness (QED) is 0.680. The topological polar surface area (TPSA) is 127 Å². The van der Waals surface area contributed by atoms with Gasteiger partial charge in [-0.05, 0) is 64.1 Å². The van der Waals surface area contributed by atoms with Gasteiger partial charge in [-0.25, -0.2) is 18.0 Å². The van der Waals surface area contributed by atoms with Gasteiger partial charge in [0.25, 0.3) is 0 Å². The fourth-order valence-corrected chi connectivity index (χ4v) is 3.88. The first-order valence-electron chi connectivity index (χ1n) is 8.76. The van der Waals surface area contributed by atoms with E-state index in [0.29, 0.717) is 0 Å². The van der Waals surface area contributed by atoms with Crippen LogP contribution in [0.15, 0.2) is 46.2 Å². The molecule has 0 heterocycles. The first-order valence-corrected chi connectivity index (χ1v) is 10.2. The number of benzene rings is 2. The number of hydrogen-bond acceptors (Lipinski definition) is 8. The highest BCUT2D eigenvalue weighted by molar-refractivity contribution is 7.91. The van der Waals surface area contributed by atoms with Crippen molar-refractivity contribution in [2.45, 2.75) is 49.7 Å². The highest BCUT2D eigenvalue weighted by Gasteiger charge is 2.28. The van der Waals surface area contributed by atoms with E-state index in [1.165, 1.54) is 12.1 Å². The van der Waals surface area contributed by atoms with Gasteiger partial charge in [-0.1, -0.05) is 0 Å². The molecule has 8 nitrogen and oxygen atoms in total. The van der Waals surface area contributed by atoms with Crippen LogP contribution in [0.4, 0.5) is 0 Å². The first-order chi connectivity index (χ1) is 13.4. The fraction of sp³-hybridized carbons (Fsp3) is 0.300. The SMILES string of the molecule is CC(C)OC(=O)c1ccc(O)c(S(=O)(=O)c2cc(C(=O)OC(C)C)ccc2O)c1. The minimum Gasteiger partial charge on any atom is -0.507 e. The van der Waals surface area contributed by atoms with Gasteiger partial charge < -0.3 is 19.7 Å². The van der Waals surface area contributed by atoms with E-state index in [4.69, 9.17) is 9.47 Å².